The molecule has 0 bridgehead atoms. The molecule has 0 aliphatic carbocycles. The highest BCUT2D eigenvalue weighted by molar-refractivity contribution is 5.77. The SMILES string of the molecule is CCCCCCC=COC(=O)CCC(=O)OCCCCC. The molecular formula is C17H30O4. The molecule has 0 radical (unpaired) electrons. The number of carbonyl (C=O) groups is 2. The Morgan fingerprint density at radius 1 is 0.857 bits per heavy atom. The first-order valence-corrected chi connectivity index (χ1v) is 8.20. The van der Waals surface area contributed by atoms with Gasteiger partial charge < -0.3 is 9.47 Å². The van der Waals surface area contributed by atoms with Crippen molar-refractivity contribution in [2.75, 3.05) is 6.61 Å². The molecule has 0 unspecified atom stereocenters. The minimum atomic E-state index is -0.384. The topological polar surface area (TPSA) is 52.6 Å². The monoisotopic (exact) mass is 298 g/mol. The molecule has 122 valence electrons. The van der Waals surface area contributed by atoms with Gasteiger partial charge in [-0.25, -0.2) is 0 Å². The summed E-state index contributed by atoms with van der Waals surface area (Å²) in [6.07, 6.45) is 12.2. The van der Waals surface area contributed by atoms with Gasteiger partial charge in [-0.3, -0.25) is 9.59 Å². The summed E-state index contributed by atoms with van der Waals surface area (Å²) in [4.78, 5) is 22.7. The first-order valence-electron chi connectivity index (χ1n) is 8.20. The number of ether oxygens (including phenoxy) is 2. The van der Waals surface area contributed by atoms with Crippen LogP contribution in [0.2, 0.25) is 0 Å². The van der Waals surface area contributed by atoms with E-state index < -0.39 is 0 Å². The van der Waals surface area contributed by atoms with E-state index in [1.54, 1.807) is 0 Å². The fraction of sp³-hybridized carbons (Fsp3) is 0.765. The highest BCUT2D eigenvalue weighted by atomic mass is 16.5. The van der Waals surface area contributed by atoms with Crippen LogP contribution in [0.5, 0.6) is 0 Å². The molecule has 0 rings (SSSR count). The van der Waals surface area contributed by atoms with Crippen molar-refractivity contribution in [3.05, 3.63) is 12.3 Å². The molecule has 0 amide bonds. The van der Waals surface area contributed by atoms with Gasteiger partial charge in [-0.2, -0.15) is 0 Å². The first kappa shape index (κ1) is 19.7. The number of rotatable bonds is 13. The Hall–Kier alpha value is -1.32. The van der Waals surface area contributed by atoms with Crippen molar-refractivity contribution in [1.29, 1.82) is 0 Å². The van der Waals surface area contributed by atoms with E-state index in [2.05, 4.69) is 13.8 Å². The van der Waals surface area contributed by atoms with Crippen LogP contribution >= 0.6 is 0 Å². The minimum absolute atomic E-state index is 0.0762. The molecule has 0 spiro atoms. The van der Waals surface area contributed by atoms with Gasteiger partial charge in [-0.05, 0) is 25.3 Å². The number of hydrogen-bond acceptors (Lipinski definition) is 4. The van der Waals surface area contributed by atoms with Gasteiger partial charge in [-0.15, -0.1) is 0 Å². The van der Waals surface area contributed by atoms with Crippen LogP contribution < -0.4 is 0 Å². The number of hydrogen-bond donors (Lipinski definition) is 0. The molecule has 0 heterocycles. The van der Waals surface area contributed by atoms with Crippen molar-refractivity contribution < 1.29 is 19.1 Å². The lowest BCUT2D eigenvalue weighted by Crippen LogP contribution is -2.09. The second kappa shape index (κ2) is 15.1. The standard InChI is InChI=1S/C17H30O4/c1-3-5-7-8-9-11-15-21-17(19)13-12-16(18)20-14-10-6-4-2/h11,15H,3-10,12-14H2,1-2H3. The average molecular weight is 298 g/mol. The molecule has 0 saturated carbocycles. The molecule has 0 atom stereocenters. The summed E-state index contributed by atoms with van der Waals surface area (Å²) in [6.45, 7) is 4.71. The highest BCUT2D eigenvalue weighted by Gasteiger charge is 2.07. The predicted molar refractivity (Wildman–Crippen MR) is 83.7 cm³/mol. The zero-order valence-corrected chi connectivity index (χ0v) is 13.6. The van der Waals surface area contributed by atoms with Gasteiger partial charge in [0.05, 0.1) is 25.7 Å². The molecular weight excluding hydrogens is 268 g/mol. The quantitative estimate of drug-likeness (QED) is 0.285. The maximum Gasteiger partial charge on any atom is 0.311 e. The van der Waals surface area contributed by atoms with E-state index in [-0.39, 0.29) is 24.8 Å². The summed E-state index contributed by atoms with van der Waals surface area (Å²) in [5.41, 5.74) is 0. The third-order valence-electron chi connectivity index (χ3n) is 3.06. The van der Waals surface area contributed by atoms with Crippen LogP contribution in [0.1, 0.15) is 78.1 Å². The molecule has 0 fully saturated rings. The van der Waals surface area contributed by atoms with Gasteiger partial charge in [0.25, 0.3) is 0 Å². The number of allylic oxidation sites excluding steroid dienone is 1. The van der Waals surface area contributed by atoms with E-state index in [0.29, 0.717) is 6.61 Å². The predicted octanol–water partition coefficient (Wildman–Crippen LogP) is 4.53. The van der Waals surface area contributed by atoms with Crippen molar-refractivity contribution in [3.8, 4) is 0 Å². The van der Waals surface area contributed by atoms with E-state index in [9.17, 15) is 9.59 Å². The van der Waals surface area contributed by atoms with Crippen molar-refractivity contribution in [3.63, 3.8) is 0 Å². The molecule has 0 N–H and O–H groups in total. The molecule has 0 aromatic rings. The van der Waals surface area contributed by atoms with Crippen LogP contribution in [0.3, 0.4) is 0 Å². The van der Waals surface area contributed by atoms with E-state index in [1.807, 2.05) is 6.08 Å². The Bertz CT molecular complexity index is 297. The molecule has 0 aliphatic heterocycles. The number of esters is 2. The fourth-order valence-corrected chi connectivity index (χ4v) is 1.75. The molecule has 0 aromatic heterocycles. The number of unbranched alkanes of at least 4 members (excludes halogenated alkanes) is 6. The minimum Gasteiger partial charge on any atom is -0.466 e. The average Bonchev–Trinajstić information content (AvgIpc) is 2.48. The van der Waals surface area contributed by atoms with E-state index in [1.165, 1.54) is 25.5 Å². The summed E-state index contributed by atoms with van der Waals surface area (Å²) in [6, 6.07) is 0. The van der Waals surface area contributed by atoms with Crippen LogP contribution in [-0.4, -0.2) is 18.5 Å². The second-order valence-corrected chi connectivity index (χ2v) is 5.14. The summed E-state index contributed by atoms with van der Waals surface area (Å²) in [5, 5.41) is 0. The Morgan fingerprint density at radius 2 is 1.52 bits per heavy atom. The lowest BCUT2D eigenvalue weighted by atomic mass is 10.1. The van der Waals surface area contributed by atoms with Crippen molar-refractivity contribution in [2.45, 2.75) is 78.1 Å². The van der Waals surface area contributed by atoms with Crippen molar-refractivity contribution in [2.24, 2.45) is 0 Å². The summed E-state index contributed by atoms with van der Waals surface area (Å²) in [5.74, 6) is -0.711. The van der Waals surface area contributed by atoms with E-state index >= 15 is 0 Å². The van der Waals surface area contributed by atoms with Gasteiger partial charge in [-0.1, -0.05) is 46.0 Å². The highest BCUT2D eigenvalue weighted by Crippen LogP contribution is 2.03. The van der Waals surface area contributed by atoms with Crippen LogP contribution in [0.25, 0.3) is 0 Å². The third-order valence-corrected chi connectivity index (χ3v) is 3.06. The smallest absolute Gasteiger partial charge is 0.311 e. The second-order valence-electron chi connectivity index (χ2n) is 5.14. The largest absolute Gasteiger partial charge is 0.466 e. The van der Waals surface area contributed by atoms with Crippen molar-refractivity contribution in [1.82, 2.24) is 0 Å². The van der Waals surface area contributed by atoms with Crippen LogP contribution in [0.4, 0.5) is 0 Å². The molecule has 0 saturated heterocycles. The van der Waals surface area contributed by atoms with E-state index in [0.717, 1.165) is 32.1 Å². The summed E-state index contributed by atoms with van der Waals surface area (Å²) < 4.78 is 9.93. The Morgan fingerprint density at radius 3 is 2.24 bits per heavy atom. The van der Waals surface area contributed by atoms with Gasteiger partial charge in [0, 0.05) is 0 Å². The first-order chi connectivity index (χ1) is 10.2. The van der Waals surface area contributed by atoms with Crippen LogP contribution in [0.15, 0.2) is 12.3 Å². The van der Waals surface area contributed by atoms with Crippen molar-refractivity contribution >= 4 is 11.9 Å². The summed E-state index contributed by atoms with van der Waals surface area (Å²) in [7, 11) is 0. The van der Waals surface area contributed by atoms with Gasteiger partial charge >= 0.3 is 11.9 Å². The van der Waals surface area contributed by atoms with Gasteiger partial charge in [0.1, 0.15) is 0 Å². The molecule has 0 aliphatic rings. The zero-order valence-electron chi connectivity index (χ0n) is 13.6. The molecule has 21 heavy (non-hydrogen) atoms. The van der Waals surface area contributed by atoms with Crippen LogP contribution in [0, 0.1) is 0 Å². The molecule has 0 aromatic carbocycles. The fourth-order valence-electron chi connectivity index (χ4n) is 1.75. The Labute approximate surface area is 128 Å². The molecule has 4 nitrogen and oxygen atoms in total. The van der Waals surface area contributed by atoms with E-state index in [4.69, 9.17) is 9.47 Å². The summed E-state index contributed by atoms with van der Waals surface area (Å²) >= 11 is 0. The van der Waals surface area contributed by atoms with Gasteiger partial charge in [0.2, 0.25) is 0 Å². The lowest BCUT2D eigenvalue weighted by Gasteiger charge is -2.03. The Kier molecular flexibility index (Phi) is 14.1. The maximum absolute atomic E-state index is 11.4. The van der Waals surface area contributed by atoms with Gasteiger partial charge in [0.15, 0.2) is 0 Å². The number of carbonyl (C=O) groups excluding carboxylic acids is 2. The lowest BCUT2D eigenvalue weighted by molar-refractivity contribution is -0.148. The normalized spacial score (nSPS) is 10.8. The zero-order chi connectivity index (χ0) is 15.8. The maximum atomic E-state index is 11.4. The van der Waals surface area contributed by atoms with Crippen LogP contribution in [-0.2, 0) is 19.1 Å². The Balaban J connectivity index is 3.48. The third kappa shape index (κ3) is 14.9. The molecule has 4 heteroatoms.